The normalized spacial score (nSPS) is 11.3. The van der Waals surface area contributed by atoms with Gasteiger partial charge < -0.3 is 9.47 Å². The first kappa shape index (κ1) is 31.6. The summed E-state index contributed by atoms with van der Waals surface area (Å²) in [5, 5.41) is 5.02. The first-order valence-electron chi connectivity index (χ1n) is 18.5. The SMILES string of the molecule is c1ccc(-c2ccc(N(c3ccccc3)c3ccc(-c4ccccc4-n4c5ccccc5c5cc(-c6cccc7ccccc67)ccc54)cc3)cc2)cc1. The third-order valence-electron chi connectivity index (χ3n) is 10.6. The molecule has 2 nitrogen and oxygen atoms in total. The maximum absolute atomic E-state index is 2.44. The topological polar surface area (TPSA) is 8.17 Å². The van der Waals surface area contributed by atoms with E-state index in [1.807, 2.05) is 0 Å². The Morgan fingerprint density at radius 2 is 0.815 bits per heavy atom. The van der Waals surface area contributed by atoms with E-state index >= 15 is 0 Å². The van der Waals surface area contributed by atoms with Gasteiger partial charge in [-0.3, -0.25) is 0 Å². The van der Waals surface area contributed by atoms with Crippen LogP contribution in [0.1, 0.15) is 0 Å². The highest BCUT2D eigenvalue weighted by molar-refractivity contribution is 6.12. The Morgan fingerprint density at radius 1 is 0.296 bits per heavy atom. The van der Waals surface area contributed by atoms with Crippen molar-refractivity contribution < 1.29 is 0 Å². The van der Waals surface area contributed by atoms with Gasteiger partial charge in [0.1, 0.15) is 0 Å². The van der Waals surface area contributed by atoms with Crippen LogP contribution in [-0.2, 0) is 0 Å². The van der Waals surface area contributed by atoms with Gasteiger partial charge in [0.2, 0.25) is 0 Å². The molecule has 10 rings (SSSR count). The van der Waals surface area contributed by atoms with Crippen LogP contribution in [0.3, 0.4) is 0 Å². The Bertz CT molecular complexity index is 2900. The van der Waals surface area contributed by atoms with E-state index in [-0.39, 0.29) is 0 Å². The van der Waals surface area contributed by atoms with Gasteiger partial charge in [-0.2, -0.15) is 0 Å². The molecule has 0 saturated carbocycles. The van der Waals surface area contributed by atoms with Crippen LogP contribution in [0.15, 0.2) is 218 Å². The number of hydrogen-bond donors (Lipinski definition) is 0. The van der Waals surface area contributed by atoms with Crippen LogP contribution in [0.4, 0.5) is 17.1 Å². The molecule has 54 heavy (non-hydrogen) atoms. The van der Waals surface area contributed by atoms with E-state index in [4.69, 9.17) is 0 Å². The molecule has 9 aromatic carbocycles. The molecule has 0 radical (unpaired) electrons. The minimum atomic E-state index is 1.10. The first-order chi connectivity index (χ1) is 26.8. The van der Waals surface area contributed by atoms with Crippen LogP contribution in [0.2, 0.25) is 0 Å². The van der Waals surface area contributed by atoms with E-state index in [0.29, 0.717) is 0 Å². The lowest BCUT2D eigenvalue weighted by Gasteiger charge is -2.26. The molecule has 10 aromatic rings. The third kappa shape index (κ3) is 5.53. The highest BCUT2D eigenvalue weighted by Crippen LogP contribution is 2.41. The van der Waals surface area contributed by atoms with Gasteiger partial charge in [-0.15, -0.1) is 0 Å². The van der Waals surface area contributed by atoms with E-state index in [9.17, 15) is 0 Å². The number of benzene rings is 9. The molecule has 0 amide bonds. The Kier molecular flexibility index (Phi) is 7.85. The molecule has 1 aromatic heterocycles. The van der Waals surface area contributed by atoms with Gasteiger partial charge in [0.15, 0.2) is 0 Å². The second-order valence-corrected chi connectivity index (χ2v) is 13.8. The van der Waals surface area contributed by atoms with Crippen LogP contribution < -0.4 is 4.90 Å². The summed E-state index contributed by atoms with van der Waals surface area (Å²) in [5.74, 6) is 0. The molecule has 0 saturated heterocycles. The lowest BCUT2D eigenvalue weighted by Crippen LogP contribution is -2.09. The van der Waals surface area contributed by atoms with Crippen LogP contribution in [0, 0.1) is 0 Å². The van der Waals surface area contributed by atoms with Crippen molar-refractivity contribution >= 4 is 49.6 Å². The Balaban J connectivity index is 1.06. The van der Waals surface area contributed by atoms with Gasteiger partial charge in [0, 0.05) is 33.4 Å². The molecule has 0 atom stereocenters. The van der Waals surface area contributed by atoms with E-state index < -0.39 is 0 Å². The fraction of sp³-hybridized carbons (Fsp3) is 0. The predicted octanol–water partition coefficient (Wildman–Crippen LogP) is 14.4. The molecule has 2 heteroatoms. The van der Waals surface area contributed by atoms with Gasteiger partial charge in [-0.25, -0.2) is 0 Å². The number of nitrogens with zero attached hydrogens (tertiary/aromatic N) is 2. The number of aromatic nitrogens is 1. The number of hydrogen-bond acceptors (Lipinski definition) is 1. The van der Waals surface area contributed by atoms with E-state index in [1.165, 1.54) is 66.0 Å². The standard InChI is InChI=1S/C52H36N2/c1-3-14-37(15-4-1)38-26-31-43(32-27-38)53(42-18-5-2-6-19-42)44-33-28-40(29-34-44)47-21-9-11-24-50(47)54-51-25-12-10-22-48(51)49-36-41(30-35-52(49)54)46-23-13-17-39-16-7-8-20-45(39)46/h1-36H. The average Bonchev–Trinajstić information content (AvgIpc) is 3.58. The molecule has 0 aliphatic heterocycles. The van der Waals surface area contributed by atoms with Crippen molar-refractivity contribution in [1.29, 1.82) is 0 Å². The molecular formula is C52H36N2. The van der Waals surface area contributed by atoms with Crippen molar-refractivity contribution in [2.45, 2.75) is 0 Å². The largest absolute Gasteiger partial charge is 0.311 e. The molecule has 1 heterocycles. The van der Waals surface area contributed by atoms with E-state index in [0.717, 1.165) is 22.7 Å². The van der Waals surface area contributed by atoms with E-state index in [1.54, 1.807) is 0 Å². The quantitative estimate of drug-likeness (QED) is 0.162. The second-order valence-electron chi connectivity index (χ2n) is 13.8. The summed E-state index contributed by atoms with van der Waals surface area (Å²) in [5.41, 5.74) is 14.1. The van der Waals surface area contributed by atoms with Crippen molar-refractivity contribution in [1.82, 2.24) is 4.57 Å². The molecule has 0 fully saturated rings. The minimum absolute atomic E-state index is 1.10. The van der Waals surface area contributed by atoms with Crippen LogP contribution in [0.25, 0.3) is 71.6 Å². The Morgan fingerprint density at radius 3 is 1.59 bits per heavy atom. The van der Waals surface area contributed by atoms with Gasteiger partial charge in [0.25, 0.3) is 0 Å². The van der Waals surface area contributed by atoms with Crippen LogP contribution >= 0.6 is 0 Å². The average molecular weight is 689 g/mol. The molecule has 254 valence electrons. The maximum Gasteiger partial charge on any atom is 0.0541 e. The Hall–Kier alpha value is -7.16. The maximum atomic E-state index is 2.44. The van der Waals surface area contributed by atoms with Crippen molar-refractivity contribution in [3.8, 4) is 39.1 Å². The molecule has 0 aliphatic carbocycles. The zero-order chi connectivity index (χ0) is 35.8. The molecule has 0 N–H and O–H groups in total. The zero-order valence-electron chi connectivity index (χ0n) is 29.7. The fourth-order valence-corrected chi connectivity index (χ4v) is 8.04. The highest BCUT2D eigenvalue weighted by atomic mass is 15.1. The van der Waals surface area contributed by atoms with Gasteiger partial charge in [0.05, 0.1) is 16.7 Å². The van der Waals surface area contributed by atoms with Crippen molar-refractivity contribution in [2.75, 3.05) is 4.90 Å². The van der Waals surface area contributed by atoms with Crippen LogP contribution in [-0.4, -0.2) is 4.57 Å². The highest BCUT2D eigenvalue weighted by Gasteiger charge is 2.18. The summed E-state index contributed by atoms with van der Waals surface area (Å²) in [6, 6.07) is 78.8. The summed E-state index contributed by atoms with van der Waals surface area (Å²) in [6.07, 6.45) is 0. The predicted molar refractivity (Wildman–Crippen MR) is 229 cm³/mol. The molecule has 0 bridgehead atoms. The second kappa shape index (κ2) is 13.4. The number of anilines is 3. The molecule has 0 spiro atoms. The number of para-hydroxylation sites is 3. The smallest absolute Gasteiger partial charge is 0.0541 e. The summed E-state index contributed by atoms with van der Waals surface area (Å²) >= 11 is 0. The number of fused-ring (bicyclic) bond motifs is 4. The summed E-state index contributed by atoms with van der Waals surface area (Å²) in [7, 11) is 0. The number of rotatable bonds is 7. The minimum Gasteiger partial charge on any atom is -0.311 e. The summed E-state index contributed by atoms with van der Waals surface area (Å²) < 4.78 is 2.44. The zero-order valence-corrected chi connectivity index (χ0v) is 29.7. The fourth-order valence-electron chi connectivity index (χ4n) is 8.04. The van der Waals surface area contributed by atoms with E-state index in [2.05, 4.69) is 228 Å². The Labute approximate surface area is 315 Å². The first-order valence-corrected chi connectivity index (χ1v) is 18.5. The van der Waals surface area contributed by atoms with Gasteiger partial charge >= 0.3 is 0 Å². The summed E-state index contributed by atoms with van der Waals surface area (Å²) in [6.45, 7) is 0. The molecular weight excluding hydrogens is 653 g/mol. The monoisotopic (exact) mass is 688 g/mol. The lowest BCUT2D eigenvalue weighted by molar-refractivity contribution is 1.18. The van der Waals surface area contributed by atoms with Crippen LogP contribution in [0.5, 0.6) is 0 Å². The van der Waals surface area contributed by atoms with Gasteiger partial charge in [-0.1, -0.05) is 158 Å². The molecule has 0 aliphatic rings. The van der Waals surface area contributed by atoms with Gasteiger partial charge in [-0.05, 0) is 99.3 Å². The lowest BCUT2D eigenvalue weighted by atomic mass is 9.97. The van der Waals surface area contributed by atoms with Crippen molar-refractivity contribution in [2.24, 2.45) is 0 Å². The summed E-state index contributed by atoms with van der Waals surface area (Å²) in [4.78, 5) is 2.32. The van der Waals surface area contributed by atoms with Crippen molar-refractivity contribution in [3.63, 3.8) is 0 Å². The third-order valence-corrected chi connectivity index (χ3v) is 10.6. The van der Waals surface area contributed by atoms with Crippen molar-refractivity contribution in [3.05, 3.63) is 218 Å². The molecule has 0 unspecified atom stereocenters.